The molecule has 16 heavy (non-hydrogen) atoms. The van der Waals surface area contributed by atoms with Gasteiger partial charge < -0.3 is 22.9 Å². The van der Waals surface area contributed by atoms with Gasteiger partial charge in [-0.25, -0.2) is 0 Å². The molecule has 0 amide bonds. The Labute approximate surface area is 94.6 Å². The van der Waals surface area contributed by atoms with E-state index in [0.29, 0.717) is 11.4 Å². The number of benzene rings is 1. The van der Waals surface area contributed by atoms with Crippen LogP contribution in [0.3, 0.4) is 0 Å². The van der Waals surface area contributed by atoms with Crippen molar-refractivity contribution in [3.05, 3.63) is 53.8 Å². The topological polar surface area (TPSA) is 104 Å². The Bertz CT molecular complexity index is 447. The average molecular weight is 216 g/mol. The summed E-state index contributed by atoms with van der Waals surface area (Å²) >= 11 is 0. The highest BCUT2D eigenvalue weighted by Gasteiger charge is 2.32. The summed E-state index contributed by atoms with van der Waals surface area (Å²) in [4.78, 5) is 0. The van der Waals surface area contributed by atoms with E-state index in [9.17, 15) is 0 Å². The zero-order valence-electron chi connectivity index (χ0n) is 8.93. The Morgan fingerprint density at radius 2 is 1.69 bits per heavy atom. The van der Waals surface area contributed by atoms with Crippen molar-refractivity contribution in [2.24, 2.45) is 17.2 Å². The van der Waals surface area contributed by atoms with Gasteiger partial charge in [0, 0.05) is 11.4 Å². The lowest BCUT2D eigenvalue weighted by molar-refractivity contribution is 0.489. The first-order chi connectivity index (χ1) is 7.52. The molecular weight excluding hydrogens is 200 g/mol. The van der Waals surface area contributed by atoms with Crippen LogP contribution in [0.5, 0.6) is 0 Å². The van der Waals surface area contributed by atoms with Gasteiger partial charge in [0.05, 0.1) is 11.6 Å². The van der Waals surface area contributed by atoms with Crippen LogP contribution in [0.15, 0.2) is 48.2 Å². The monoisotopic (exact) mass is 216 g/mol. The molecule has 1 aliphatic carbocycles. The highest BCUT2D eigenvalue weighted by molar-refractivity contribution is 5.46. The van der Waals surface area contributed by atoms with Gasteiger partial charge in [-0.1, -0.05) is 18.2 Å². The lowest BCUT2D eigenvalue weighted by Gasteiger charge is -2.33. The van der Waals surface area contributed by atoms with Crippen molar-refractivity contribution < 1.29 is 0 Å². The van der Waals surface area contributed by atoms with Crippen LogP contribution in [-0.4, -0.2) is 6.04 Å². The maximum Gasteiger partial charge on any atom is 0.0790 e. The first kappa shape index (κ1) is 10.7. The van der Waals surface area contributed by atoms with Gasteiger partial charge in [-0.2, -0.15) is 0 Å². The molecule has 84 valence electrons. The fraction of sp³-hybridized carbons (Fsp3) is 0.167. The molecule has 0 bridgehead atoms. The smallest absolute Gasteiger partial charge is 0.0790 e. The quantitative estimate of drug-likeness (QED) is 0.502. The number of hydrogen-bond acceptors (Lipinski definition) is 4. The Hall–Kier alpha value is -1.78. The third-order valence-corrected chi connectivity index (χ3v) is 2.89. The van der Waals surface area contributed by atoms with Crippen molar-refractivity contribution in [1.29, 1.82) is 0 Å². The van der Waals surface area contributed by atoms with Gasteiger partial charge in [-0.15, -0.1) is 0 Å². The van der Waals surface area contributed by atoms with Gasteiger partial charge in [0.1, 0.15) is 0 Å². The van der Waals surface area contributed by atoms with E-state index < -0.39 is 5.54 Å². The fourth-order valence-electron chi connectivity index (χ4n) is 1.81. The van der Waals surface area contributed by atoms with Gasteiger partial charge in [-0.3, -0.25) is 0 Å². The fourth-order valence-corrected chi connectivity index (χ4v) is 1.81. The summed E-state index contributed by atoms with van der Waals surface area (Å²) in [6.45, 7) is 0. The van der Waals surface area contributed by atoms with Crippen LogP contribution >= 0.6 is 0 Å². The normalized spacial score (nSPS) is 28.9. The van der Waals surface area contributed by atoms with Crippen LogP contribution in [0.25, 0.3) is 0 Å². The van der Waals surface area contributed by atoms with E-state index in [4.69, 9.17) is 22.9 Å². The number of nitrogens with two attached hydrogens (primary N) is 4. The molecule has 2 unspecified atom stereocenters. The van der Waals surface area contributed by atoms with E-state index in [1.165, 1.54) is 0 Å². The summed E-state index contributed by atoms with van der Waals surface area (Å²) in [5, 5.41) is 0. The van der Waals surface area contributed by atoms with E-state index in [2.05, 4.69) is 0 Å². The third kappa shape index (κ3) is 1.68. The average Bonchev–Trinajstić information content (AvgIpc) is 2.25. The highest BCUT2D eigenvalue weighted by Crippen LogP contribution is 2.27. The predicted molar refractivity (Wildman–Crippen MR) is 66.1 cm³/mol. The first-order valence-corrected chi connectivity index (χ1v) is 5.09. The predicted octanol–water partition coefficient (Wildman–Crippen LogP) is 0.163. The number of allylic oxidation sites excluding steroid dienone is 1. The van der Waals surface area contributed by atoms with E-state index in [1.54, 1.807) is 12.2 Å². The molecule has 1 aromatic carbocycles. The molecule has 2 atom stereocenters. The second-order valence-electron chi connectivity index (χ2n) is 4.08. The van der Waals surface area contributed by atoms with Gasteiger partial charge in [0.15, 0.2) is 0 Å². The van der Waals surface area contributed by atoms with Crippen molar-refractivity contribution in [1.82, 2.24) is 0 Å². The molecule has 1 aromatic rings. The van der Waals surface area contributed by atoms with Crippen molar-refractivity contribution >= 4 is 5.69 Å². The number of hydrogen-bond donors (Lipinski definition) is 4. The van der Waals surface area contributed by atoms with Crippen LogP contribution in [-0.2, 0) is 5.54 Å². The van der Waals surface area contributed by atoms with Crippen LogP contribution in [0.2, 0.25) is 0 Å². The van der Waals surface area contributed by atoms with Gasteiger partial charge >= 0.3 is 0 Å². The van der Waals surface area contributed by atoms with E-state index in [-0.39, 0.29) is 6.04 Å². The maximum absolute atomic E-state index is 6.28. The molecule has 2 rings (SSSR count). The third-order valence-electron chi connectivity index (χ3n) is 2.89. The first-order valence-electron chi connectivity index (χ1n) is 5.09. The van der Waals surface area contributed by atoms with Crippen molar-refractivity contribution in [3.63, 3.8) is 0 Å². The number of nitrogen functional groups attached to an aromatic ring is 1. The lowest BCUT2D eigenvalue weighted by Crippen LogP contribution is -2.51. The van der Waals surface area contributed by atoms with E-state index in [1.807, 2.05) is 30.3 Å². The summed E-state index contributed by atoms with van der Waals surface area (Å²) in [6.07, 6.45) is 5.37. The molecule has 0 fully saturated rings. The molecule has 0 aromatic heterocycles. The van der Waals surface area contributed by atoms with Crippen molar-refractivity contribution in [2.45, 2.75) is 11.6 Å². The molecule has 0 aliphatic heterocycles. The highest BCUT2D eigenvalue weighted by atomic mass is 14.9. The standard InChI is InChI=1S/C12H16N4/c13-9-3-1-8(2-4-9)12(16)6-5-10(14)7-11(12)15/h1-7,11H,13-16H2. The maximum atomic E-state index is 6.28. The van der Waals surface area contributed by atoms with Crippen LogP contribution < -0.4 is 22.9 Å². The molecule has 0 saturated heterocycles. The van der Waals surface area contributed by atoms with Gasteiger partial charge in [0.2, 0.25) is 0 Å². The molecule has 0 spiro atoms. The van der Waals surface area contributed by atoms with Crippen molar-refractivity contribution in [3.8, 4) is 0 Å². The second kappa shape index (κ2) is 3.66. The van der Waals surface area contributed by atoms with E-state index in [0.717, 1.165) is 5.56 Å². The minimum atomic E-state index is -0.712. The zero-order chi connectivity index (χ0) is 11.8. The Kier molecular flexibility index (Phi) is 2.46. The molecular formula is C12H16N4. The lowest BCUT2D eigenvalue weighted by atomic mass is 9.80. The summed E-state index contributed by atoms with van der Waals surface area (Å²) in [6, 6.07) is 7.06. The molecule has 0 saturated carbocycles. The summed E-state index contributed by atoms with van der Waals surface area (Å²) in [5.74, 6) is 0. The summed E-state index contributed by atoms with van der Waals surface area (Å²) < 4.78 is 0. The second-order valence-corrected chi connectivity index (χ2v) is 4.08. The molecule has 4 heteroatoms. The Morgan fingerprint density at radius 3 is 2.25 bits per heavy atom. The molecule has 0 heterocycles. The minimum Gasteiger partial charge on any atom is -0.399 e. The van der Waals surface area contributed by atoms with Crippen LogP contribution in [0, 0.1) is 0 Å². The van der Waals surface area contributed by atoms with Crippen molar-refractivity contribution in [2.75, 3.05) is 5.73 Å². The van der Waals surface area contributed by atoms with Gasteiger partial charge in [0.25, 0.3) is 0 Å². The summed E-state index contributed by atoms with van der Waals surface area (Å²) in [5.41, 5.74) is 25.2. The molecule has 8 N–H and O–H groups in total. The molecule has 4 nitrogen and oxygen atoms in total. The van der Waals surface area contributed by atoms with E-state index >= 15 is 0 Å². The van der Waals surface area contributed by atoms with Crippen LogP contribution in [0.4, 0.5) is 5.69 Å². The number of anilines is 1. The number of rotatable bonds is 1. The minimum absolute atomic E-state index is 0.332. The summed E-state index contributed by atoms with van der Waals surface area (Å²) in [7, 11) is 0. The zero-order valence-corrected chi connectivity index (χ0v) is 8.93. The molecule has 1 aliphatic rings. The molecule has 0 radical (unpaired) electrons. The SMILES string of the molecule is NC1=CC(N)C(N)(c2ccc(N)cc2)C=C1. The van der Waals surface area contributed by atoms with Gasteiger partial charge in [-0.05, 0) is 29.8 Å². The Morgan fingerprint density at radius 1 is 1.06 bits per heavy atom. The largest absolute Gasteiger partial charge is 0.399 e. The Balaban J connectivity index is 2.40. The van der Waals surface area contributed by atoms with Crippen LogP contribution in [0.1, 0.15) is 5.56 Å².